The number of amides is 4. The van der Waals surface area contributed by atoms with Crippen molar-refractivity contribution in [3.05, 3.63) is 0 Å². The highest BCUT2D eigenvalue weighted by molar-refractivity contribution is 6.38. The van der Waals surface area contributed by atoms with E-state index in [0.29, 0.717) is 18.9 Å². The molecule has 0 aromatic rings. The fourth-order valence-electron chi connectivity index (χ4n) is 5.75. The summed E-state index contributed by atoms with van der Waals surface area (Å²) in [5, 5.41) is 8.54. The molecule has 0 aromatic heterocycles. The Kier molecular flexibility index (Phi) is 7.23. The van der Waals surface area contributed by atoms with E-state index in [9.17, 15) is 24.0 Å². The van der Waals surface area contributed by atoms with Crippen LogP contribution in [0, 0.1) is 34.5 Å². The predicted octanol–water partition coefficient (Wildman–Crippen LogP) is 1.79. The van der Waals surface area contributed by atoms with Gasteiger partial charge in [-0.15, -0.1) is 0 Å². The van der Waals surface area contributed by atoms with Crippen LogP contribution in [0.1, 0.15) is 80.6 Å². The second kappa shape index (κ2) is 9.70. The maximum absolute atomic E-state index is 13.9. The van der Waals surface area contributed by atoms with Gasteiger partial charge in [0.25, 0.3) is 5.91 Å². The first kappa shape index (κ1) is 27.6. The number of nitrogens with one attached hydrogen (secondary N) is 3. The van der Waals surface area contributed by atoms with Crippen LogP contribution in [-0.2, 0) is 24.0 Å². The van der Waals surface area contributed by atoms with Gasteiger partial charge >= 0.3 is 0 Å². The van der Waals surface area contributed by atoms with Crippen LogP contribution in [0.2, 0.25) is 0 Å². The SMILES string of the molecule is CC(C)C(=O)NC(C(=O)N1C[C@H]2[C@@H]([C@H]1C(=O)NC(CC1CC1)C(=O)C(=O)NC1CC1)C2(C)C)C(C)(C)C. The molecule has 0 aromatic carbocycles. The number of hydrogen-bond acceptors (Lipinski definition) is 5. The first-order valence-corrected chi connectivity index (χ1v) is 13.9. The topological polar surface area (TPSA) is 125 Å². The van der Waals surface area contributed by atoms with Crippen LogP contribution < -0.4 is 16.0 Å². The van der Waals surface area contributed by atoms with Crippen molar-refractivity contribution in [2.24, 2.45) is 34.5 Å². The van der Waals surface area contributed by atoms with Crippen LogP contribution in [-0.4, -0.2) is 65.0 Å². The number of ketones is 1. The maximum atomic E-state index is 13.9. The molecule has 4 rings (SSSR count). The van der Waals surface area contributed by atoms with Gasteiger partial charge in [0.15, 0.2) is 0 Å². The van der Waals surface area contributed by atoms with Crippen molar-refractivity contribution in [2.45, 2.75) is 105 Å². The van der Waals surface area contributed by atoms with Gasteiger partial charge in [-0.05, 0) is 47.8 Å². The summed E-state index contributed by atoms with van der Waals surface area (Å²) in [7, 11) is 0. The minimum absolute atomic E-state index is 0.0326. The largest absolute Gasteiger partial charge is 0.347 e. The van der Waals surface area contributed by atoms with E-state index in [0.717, 1.165) is 25.7 Å². The fourth-order valence-corrected chi connectivity index (χ4v) is 5.75. The third-order valence-electron chi connectivity index (χ3n) is 8.72. The summed E-state index contributed by atoms with van der Waals surface area (Å²) in [6.45, 7) is 13.9. The van der Waals surface area contributed by atoms with E-state index in [2.05, 4.69) is 29.8 Å². The fraction of sp³-hybridized carbons (Fsp3) is 0.821. The smallest absolute Gasteiger partial charge is 0.289 e. The van der Waals surface area contributed by atoms with Crippen LogP contribution in [0.25, 0.3) is 0 Å². The molecule has 3 saturated carbocycles. The second-order valence-corrected chi connectivity index (χ2v) is 13.7. The first-order chi connectivity index (χ1) is 17.1. The Labute approximate surface area is 220 Å². The van der Waals surface area contributed by atoms with Gasteiger partial charge in [0.05, 0.1) is 6.04 Å². The molecule has 4 fully saturated rings. The molecule has 9 heteroatoms. The highest BCUT2D eigenvalue weighted by Crippen LogP contribution is 2.65. The number of fused-ring (bicyclic) bond motifs is 1. The van der Waals surface area contributed by atoms with Crippen LogP contribution >= 0.6 is 0 Å². The molecule has 1 aliphatic heterocycles. The third kappa shape index (κ3) is 5.85. The summed E-state index contributed by atoms with van der Waals surface area (Å²) < 4.78 is 0. The molecule has 1 heterocycles. The zero-order valence-corrected chi connectivity index (χ0v) is 23.3. The Balaban J connectivity index is 1.53. The average molecular weight is 517 g/mol. The Bertz CT molecular complexity index is 976. The van der Waals surface area contributed by atoms with Gasteiger partial charge in [-0.25, -0.2) is 0 Å². The molecule has 0 bridgehead atoms. The Hall–Kier alpha value is -2.45. The quantitative estimate of drug-likeness (QED) is 0.382. The van der Waals surface area contributed by atoms with Crippen molar-refractivity contribution in [1.82, 2.24) is 20.9 Å². The predicted molar refractivity (Wildman–Crippen MR) is 138 cm³/mol. The van der Waals surface area contributed by atoms with Gasteiger partial charge in [-0.1, -0.05) is 61.3 Å². The van der Waals surface area contributed by atoms with Crippen molar-refractivity contribution in [3.63, 3.8) is 0 Å². The molecule has 5 atom stereocenters. The summed E-state index contributed by atoms with van der Waals surface area (Å²) in [5.74, 6) is -1.93. The molecule has 206 valence electrons. The normalized spacial score (nSPS) is 27.7. The summed E-state index contributed by atoms with van der Waals surface area (Å²) in [5.41, 5.74) is -0.660. The Morgan fingerprint density at radius 1 is 0.973 bits per heavy atom. The van der Waals surface area contributed by atoms with Crippen molar-refractivity contribution in [3.8, 4) is 0 Å². The van der Waals surface area contributed by atoms with E-state index in [4.69, 9.17) is 0 Å². The standard InChI is InChI=1S/C28H44N4O5/c1-14(2)23(34)31-22(27(3,4)5)26(37)32-13-17-19(28(17,6)7)20(32)24(35)30-18(12-15-8-9-15)21(33)25(36)29-16-10-11-16/h14-20,22H,8-13H2,1-7H3,(H,29,36)(H,30,35)(H,31,34)/t17-,18?,19-,20-,22?/m0/s1. The molecule has 2 unspecified atom stereocenters. The summed E-state index contributed by atoms with van der Waals surface area (Å²) in [6, 6.07) is -2.36. The minimum atomic E-state index is -0.893. The van der Waals surface area contributed by atoms with Gasteiger partial charge in [0, 0.05) is 18.5 Å². The van der Waals surface area contributed by atoms with Crippen molar-refractivity contribution in [2.75, 3.05) is 6.54 Å². The number of nitrogens with zero attached hydrogens (tertiary/aromatic N) is 1. The number of likely N-dealkylation sites (tertiary alicyclic amines) is 1. The number of rotatable bonds is 10. The van der Waals surface area contributed by atoms with E-state index in [-0.39, 0.29) is 46.9 Å². The number of piperidine rings is 1. The molecule has 3 aliphatic carbocycles. The summed E-state index contributed by atoms with van der Waals surface area (Å²) in [6.07, 6.45) is 4.16. The van der Waals surface area contributed by atoms with Crippen LogP contribution in [0.5, 0.6) is 0 Å². The molecule has 0 spiro atoms. The molecule has 1 saturated heterocycles. The maximum Gasteiger partial charge on any atom is 0.289 e. The van der Waals surface area contributed by atoms with Gasteiger partial charge in [-0.2, -0.15) is 0 Å². The van der Waals surface area contributed by atoms with Crippen molar-refractivity contribution >= 4 is 29.4 Å². The lowest BCUT2D eigenvalue weighted by molar-refractivity contribution is -0.147. The zero-order chi connectivity index (χ0) is 27.4. The second-order valence-electron chi connectivity index (χ2n) is 13.7. The molecular formula is C28H44N4O5. The molecule has 4 aliphatic rings. The average Bonchev–Trinajstić information content (AvgIpc) is 3.74. The monoisotopic (exact) mass is 516 g/mol. The minimum Gasteiger partial charge on any atom is -0.347 e. The van der Waals surface area contributed by atoms with Crippen LogP contribution in [0.4, 0.5) is 0 Å². The van der Waals surface area contributed by atoms with E-state index in [1.54, 1.807) is 18.7 Å². The van der Waals surface area contributed by atoms with Crippen LogP contribution in [0.3, 0.4) is 0 Å². The lowest BCUT2D eigenvalue weighted by Gasteiger charge is -2.38. The highest BCUT2D eigenvalue weighted by Gasteiger charge is 2.70. The van der Waals surface area contributed by atoms with E-state index in [1.807, 2.05) is 20.8 Å². The van der Waals surface area contributed by atoms with Crippen LogP contribution in [0.15, 0.2) is 0 Å². The molecule has 0 radical (unpaired) electrons. The third-order valence-corrected chi connectivity index (χ3v) is 8.72. The molecule has 9 nitrogen and oxygen atoms in total. The van der Waals surface area contributed by atoms with Crippen molar-refractivity contribution < 1.29 is 24.0 Å². The van der Waals surface area contributed by atoms with E-state index < -0.39 is 35.2 Å². The number of carbonyl (C=O) groups is 5. The van der Waals surface area contributed by atoms with Gasteiger partial charge < -0.3 is 20.9 Å². The summed E-state index contributed by atoms with van der Waals surface area (Å²) >= 11 is 0. The molecule has 4 amide bonds. The van der Waals surface area contributed by atoms with Crippen molar-refractivity contribution in [1.29, 1.82) is 0 Å². The molecular weight excluding hydrogens is 472 g/mol. The summed E-state index contributed by atoms with van der Waals surface area (Å²) in [4.78, 5) is 67.4. The number of carbonyl (C=O) groups excluding carboxylic acids is 5. The van der Waals surface area contributed by atoms with Gasteiger partial charge in [-0.3, -0.25) is 24.0 Å². The molecule has 3 N–H and O–H groups in total. The van der Waals surface area contributed by atoms with E-state index in [1.165, 1.54) is 0 Å². The zero-order valence-electron chi connectivity index (χ0n) is 23.3. The number of Topliss-reactive ketones (excluding diaryl/α,β-unsaturated/α-hetero) is 1. The van der Waals surface area contributed by atoms with E-state index >= 15 is 0 Å². The Morgan fingerprint density at radius 3 is 2.11 bits per heavy atom. The Morgan fingerprint density at radius 2 is 1.59 bits per heavy atom. The van der Waals surface area contributed by atoms with Gasteiger partial charge in [0.2, 0.25) is 23.5 Å². The number of hydrogen-bond donors (Lipinski definition) is 3. The van der Waals surface area contributed by atoms with Gasteiger partial charge in [0.1, 0.15) is 12.1 Å². The first-order valence-electron chi connectivity index (χ1n) is 13.9. The highest BCUT2D eigenvalue weighted by atomic mass is 16.2. The lowest BCUT2D eigenvalue weighted by atomic mass is 9.84. The lowest BCUT2D eigenvalue weighted by Crippen LogP contribution is -2.61. The molecule has 37 heavy (non-hydrogen) atoms.